The van der Waals surface area contributed by atoms with Gasteiger partial charge in [0, 0.05) is 127 Å². The van der Waals surface area contributed by atoms with Gasteiger partial charge in [-0.2, -0.15) is 0 Å². The average molecular weight is 1120 g/mol. The Labute approximate surface area is 492 Å². The van der Waals surface area contributed by atoms with E-state index in [9.17, 15) is 0 Å². The summed E-state index contributed by atoms with van der Waals surface area (Å²) in [5.41, 5.74) is 15.0. The SMILES string of the molecule is c1cc(-c2cc(-c3cccc(-n4c5ccccc5c5c6sc7ccccc7c6ccc54)c3)nc(-c3ccc(-n4c5ccccc5c5c6sc7ccccc7c6ccc54)cc3)n2)cc(-n2c3ccccc3c3c4sc5ccccc5c4ccc32)c1. The Morgan fingerprint density at radius 3 is 1.00 bits per heavy atom. The highest BCUT2D eigenvalue weighted by molar-refractivity contribution is 7.27. The van der Waals surface area contributed by atoms with Crippen molar-refractivity contribution in [3.63, 3.8) is 0 Å². The predicted molar refractivity (Wildman–Crippen MR) is 360 cm³/mol. The molecule has 8 heteroatoms. The van der Waals surface area contributed by atoms with E-state index in [0.717, 1.165) is 45.1 Å². The Morgan fingerprint density at radius 1 is 0.238 bits per heavy atom. The lowest BCUT2D eigenvalue weighted by Gasteiger charge is -2.14. The van der Waals surface area contributed by atoms with E-state index < -0.39 is 0 Å². The maximum atomic E-state index is 5.53. The summed E-state index contributed by atoms with van der Waals surface area (Å²) in [7, 11) is 0. The first kappa shape index (κ1) is 46.4. The fourth-order valence-electron chi connectivity index (χ4n) is 13.8. The Hall–Kier alpha value is -10.2. The summed E-state index contributed by atoms with van der Waals surface area (Å²) < 4.78 is 15.2. The minimum atomic E-state index is 0.659. The number of hydrogen-bond acceptors (Lipinski definition) is 5. The number of fused-ring (bicyclic) bond motifs is 21. The Morgan fingerprint density at radius 2 is 0.595 bits per heavy atom. The molecule has 7 heterocycles. The van der Waals surface area contributed by atoms with Gasteiger partial charge in [-0.25, -0.2) is 9.97 Å². The minimum absolute atomic E-state index is 0.659. The van der Waals surface area contributed by atoms with Crippen molar-refractivity contribution in [1.82, 2.24) is 23.7 Å². The molecule has 0 aliphatic carbocycles. The first-order chi connectivity index (χ1) is 41.6. The van der Waals surface area contributed by atoms with Gasteiger partial charge in [0.1, 0.15) is 0 Å². The molecule has 0 amide bonds. The number of nitrogens with zero attached hydrogens (tertiary/aromatic N) is 5. The van der Waals surface area contributed by atoms with Crippen LogP contribution in [0.3, 0.4) is 0 Å². The third kappa shape index (κ3) is 6.64. The van der Waals surface area contributed by atoms with Crippen LogP contribution in [-0.2, 0) is 0 Å². The summed E-state index contributed by atoms with van der Waals surface area (Å²) in [4.78, 5) is 11.1. The quantitative estimate of drug-likeness (QED) is 0.166. The van der Waals surface area contributed by atoms with Crippen LogP contribution in [0.1, 0.15) is 0 Å². The lowest BCUT2D eigenvalue weighted by molar-refractivity contribution is 1.15. The first-order valence-corrected chi connectivity index (χ1v) is 30.8. The number of benzene rings is 12. The van der Waals surface area contributed by atoms with Crippen molar-refractivity contribution in [2.24, 2.45) is 0 Å². The van der Waals surface area contributed by atoms with Crippen molar-refractivity contribution in [3.05, 3.63) is 261 Å². The maximum Gasteiger partial charge on any atom is 0.160 e. The first-order valence-electron chi connectivity index (χ1n) is 28.4. The van der Waals surface area contributed by atoms with Crippen molar-refractivity contribution in [2.75, 3.05) is 0 Å². The Balaban J connectivity index is 0.792. The van der Waals surface area contributed by atoms with E-state index in [1.165, 1.54) is 126 Å². The molecule has 5 nitrogen and oxygen atoms in total. The van der Waals surface area contributed by atoms with Gasteiger partial charge in [0.2, 0.25) is 0 Å². The topological polar surface area (TPSA) is 40.6 Å². The number of hydrogen-bond donors (Lipinski definition) is 0. The van der Waals surface area contributed by atoms with Crippen molar-refractivity contribution < 1.29 is 0 Å². The molecule has 0 saturated carbocycles. The van der Waals surface area contributed by atoms with Crippen LogP contribution < -0.4 is 0 Å². The fourth-order valence-corrected chi connectivity index (χ4v) is 17.6. The second-order valence-corrected chi connectivity index (χ2v) is 25.1. The number of rotatable bonds is 6. The zero-order valence-corrected chi connectivity index (χ0v) is 47.2. The number of para-hydroxylation sites is 3. The number of thiophene rings is 3. The summed E-state index contributed by atoms with van der Waals surface area (Å²) in [6, 6.07) is 95.6. The Bertz CT molecular complexity index is 5750. The minimum Gasteiger partial charge on any atom is -0.309 e. The van der Waals surface area contributed by atoms with E-state index >= 15 is 0 Å². The van der Waals surface area contributed by atoms with Gasteiger partial charge in [0.15, 0.2) is 5.82 Å². The van der Waals surface area contributed by atoms with Crippen molar-refractivity contribution in [2.45, 2.75) is 0 Å². The molecule has 0 saturated heterocycles. The van der Waals surface area contributed by atoms with E-state index in [1.807, 2.05) is 34.0 Å². The molecular formula is C76H43N5S3. The van der Waals surface area contributed by atoms with Crippen LogP contribution >= 0.6 is 34.0 Å². The fraction of sp³-hybridized carbons (Fsp3) is 0. The van der Waals surface area contributed by atoms with Crippen molar-refractivity contribution >= 4 is 160 Å². The average Bonchev–Trinajstić information content (AvgIpc) is 2.04. The maximum absolute atomic E-state index is 5.53. The zero-order chi connectivity index (χ0) is 54.7. The molecule has 84 heavy (non-hydrogen) atoms. The van der Waals surface area contributed by atoms with Gasteiger partial charge in [-0.05, 0) is 109 Å². The van der Waals surface area contributed by atoms with Gasteiger partial charge in [0.05, 0.1) is 44.5 Å². The van der Waals surface area contributed by atoms with Crippen molar-refractivity contribution in [3.8, 4) is 51.0 Å². The summed E-state index contributed by atoms with van der Waals surface area (Å²) >= 11 is 5.65. The molecule has 19 rings (SSSR count). The van der Waals surface area contributed by atoms with E-state index in [-0.39, 0.29) is 0 Å². The molecule has 390 valence electrons. The van der Waals surface area contributed by atoms with Gasteiger partial charge in [-0.1, -0.05) is 152 Å². The molecule has 0 radical (unpaired) electrons. The second kappa shape index (κ2) is 17.6. The third-order valence-corrected chi connectivity index (χ3v) is 21.1. The largest absolute Gasteiger partial charge is 0.309 e. The number of aromatic nitrogens is 5. The molecule has 12 aromatic carbocycles. The molecule has 0 aliphatic heterocycles. The summed E-state index contributed by atoms with van der Waals surface area (Å²) in [5, 5.41) is 15.4. The molecule has 19 aromatic rings. The van der Waals surface area contributed by atoms with Gasteiger partial charge in [0.25, 0.3) is 0 Å². The molecule has 0 bridgehead atoms. The van der Waals surface area contributed by atoms with E-state index in [2.05, 4.69) is 275 Å². The van der Waals surface area contributed by atoms with Crippen LogP contribution in [0.15, 0.2) is 261 Å². The van der Waals surface area contributed by atoms with E-state index in [4.69, 9.17) is 9.97 Å². The highest BCUT2D eigenvalue weighted by atomic mass is 32.1. The van der Waals surface area contributed by atoms with Gasteiger partial charge < -0.3 is 13.7 Å². The Kier molecular flexibility index (Phi) is 9.75. The van der Waals surface area contributed by atoms with Crippen LogP contribution in [0.2, 0.25) is 0 Å². The molecule has 0 fully saturated rings. The molecule has 7 aromatic heterocycles. The van der Waals surface area contributed by atoms with E-state index in [1.54, 1.807) is 0 Å². The molecule has 0 unspecified atom stereocenters. The predicted octanol–water partition coefficient (Wildman–Crippen LogP) is 21.9. The van der Waals surface area contributed by atoms with Crippen LogP contribution in [0.4, 0.5) is 0 Å². The lowest BCUT2D eigenvalue weighted by Crippen LogP contribution is -1.99. The highest BCUT2D eigenvalue weighted by Gasteiger charge is 2.23. The van der Waals surface area contributed by atoms with Gasteiger partial charge in [-0.15, -0.1) is 34.0 Å². The van der Waals surface area contributed by atoms with Crippen LogP contribution in [0, 0.1) is 0 Å². The molecular weight excluding hydrogens is 1080 g/mol. The smallest absolute Gasteiger partial charge is 0.160 e. The second-order valence-electron chi connectivity index (χ2n) is 22.0. The molecule has 0 spiro atoms. The molecule has 0 atom stereocenters. The molecule has 0 aliphatic rings. The monoisotopic (exact) mass is 1120 g/mol. The van der Waals surface area contributed by atoms with Crippen LogP contribution in [0.25, 0.3) is 177 Å². The highest BCUT2D eigenvalue weighted by Crippen LogP contribution is 2.47. The van der Waals surface area contributed by atoms with Crippen molar-refractivity contribution in [1.29, 1.82) is 0 Å². The normalized spacial score (nSPS) is 12.3. The standard InChI is InChI=1S/C76H43N5S3/c1-7-25-61-56(22-1)70-64(38-35-53-50-19-4-10-28-67(50)82-73(53)70)79(61)47-33-31-44(32-34-47)76-77-59(45-15-13-17-48(41-45)80-62-26-8-2-23-57(62)71-65(80)39-36-54-51-20-5-11-29-68(51)83-74(54)71)43-60(78-76)46-16-14-18-49(42-46)81-63-27-9-3-24-58(63)72-66(81)40-37-55-52-21-6-12-30-69(52)84-75(55)72/h1-43H. The third-order valence-electron chi connectivity index (χ3n) is 17.5. The summed E-state index contributed by atoms with van der Waals surface area (Å²) in [5.74, 6) is 0.659. The summed E-state index contributed by atoms with van der Waals surface area (Å²) in [6.45, 7) is 0. The van der Waals surface area contributed by atoms with Gasteiger partial charge >= 0.3 is 0 Å². The van der Waals surface area contributed by atoms with Crippen LogP contribution in [-0.4, -0.2) is 23.7 Å². The van der Waals surface area contributed by atoms with Crippen LogP contribution in [0.5, 0.6) is 0 Å². The van der Waals surface area contributed by atoms with E-state index in [0.29, 0.717) is 5.82 Å². The van der Waals surface area contributed by atoms with Gasteiger partial charge in [-0.3, -0.25) is 0 Å². The molecule has 0 N–H and O–H groups in total. The lowest BCUT2D eigenvalue weighted by atomic mass is 10.0. The zero-order valence-electron chi connectivity index (χ0n) is 44.8. The summed E-state index contributed by atoms with van der Waals surface area (Å²) in [6.07, 6.45) is 0.